The van der Waals surface area contributed by atoms with Gasteiger partial charge in [0, 0.05) is 18.7 Å². The van der Waals surface area contributed by atoms with Gasteiger partial charge in [0.1, 0.15) is 5.75 Å². The zero-order valence-electron chi connectivity index (χ0n) is 14.3. The Morgan fingerprint density at radius 1 is 1.04 bits per heavy atom. The van der Waals surface area contributed by atoms with E-state index in [1.165, 1.54) is 0 Å². The molecule has 132 valence electrons. The lowest BCUT2D eigenvalue weighted by Gasteiger charge is -2.34. The number of amides is 1. The van der Waals surface area contributed by atoms with Gasteiger partial charge >= 0.3 is 0 Å². The molecule has 1 saturated heterocycles. The van der Waals surface area contributed by atoms with Crippen molar-refractivity contribution in [2.45, 2.75) is 31.8 Å². The quantitative estimate of drug-likeness (QED) is 0.880. The molecule has 0 unspecified atom stereocenters. The third kappa shape index (κ3) is 4.60. The number of phenolic OH excluding ortho intramolecular Hbond substituents is 1. The monoisotopic (exact) mass is 339 g/mol. The van der Waals surface area contributed by atoms with Crippen molar-refractivity contribution in [2.75, 3.05) is 13.1 Å². The zero-order chi connectivity index (χ0) is 17.6. The molecule has 2 aromatic rings. The van der Waals surface area contributed by atoms with Crippen LogP contribution in [-0.2, 0) is 17.6 Å². The fourth-order valence-corrected chi connectivity index (χ4v) is 3.49. The summed E-state index contributed by atoms with van der Waals surface area (Å²) in [6.07, 6.45) is 2.17. The van der Waals surface area contributed by atoms with Crippen molar-refractivity contribution >= 4 is 5.91 Å². The molecule has 1 amide bonds. The highest BCUT2D eigenvalue weighted by Gasteiger charge is 2.27. The predicted molar refractivity (Wildman–Crippen MR) is 97.3 cm³/mol. The summed E-state index contributed by atoms with van der Waals surface area (Å²) in [6, 6.07) is 17.0. The van der Waals surface area contributed by atoms with Crippen molar-refractivity contribution in [3.05, 3.63) is 65.7 Å². The molecule has 0 aliphatic carbocycles. The number of aromatic hydroxyl groups is 1. The van der Waals surface area contributed by atoms with Crippen LogP contribution in [-0.4, -0.2) is 40.2 Å². The largest absolute Gasteiger partial charge is 0.508 e. The number of aliphatic hydroxyl groups excluding tert-OH is 1. The van der Waals surface area contributed by atoms with Gasteiger partial charge in [-0.15, -0.1) is 0 Å². The SMILES string of the molecule is O=C(Cc1ccccc1O)N1CCC([C@@H](O)Cc2ccccc2)CC1. The third-order valence-corrected chi connectivity index (χ3v) is 5.06. The first-order valence-corrected chi connectivity index (χ1v) is 8.90. The summed E-state index contributed by atoms with van der Waals surface area (Å²) in [5.41, 5.74) is 1.81. The molecule has 25 heavy (non-hydrogen) atoms. The van der Waals surface area contributed by atoms with Gasteiger partial charge in [0.15, 0.2) is 0 Å². The second-order valence-electron chi connectivity index (χ2n) is 6.78. The Labute approximate surface area is 148 Å². The molecule has 1 atom stereocenters. The number of carbonyl (C=O) groups excluding carboxylic acids is 1. The normalized spacial score (nSPS) is 16.6. The van der Waals surface area contributed by atoms with Gasteiger partial charge in [0.25, 0.3) is 0 Å². The molecule has 1 heterocycles. The van der Waals surface area contributed by atoms with Crippen LogP contribution in [0.25, 0.3) is 0 Å². The number of hydrogen-bond acceptors (Lipinski definition) is 3. The van der Waals surface area contributed by atoms with E-state index in [-0.39, 0.29) is 30.1 Å². The first-order valence-electron chi connectivity index (χ1n) is 8.90. The van der Waals surface area contributed by atoms with E-state index >= 15 is 0 Å². The number of phenols is 1. The smallest absolute Gasteiger partial charge is 0.227 e. The maximum absolute atomic E-state index is 12.4. The van der Waals surface area contributed by atoms with Gasteiger partial charge in [0.2, 0.25) is 5.91 Å². The van der Waals surface area contributed by atoms with E-state index in [4.69, 9.17) is 0 Å². The van der Waals surface area contributed by atoms with Gasteiger partial charge < -0.3 is 15.1 Å². The Kier molecular flexibility index (Phi) is 5.71. The number of piperidine rings is 1. The molecule has 3 rings (SSSR count). The first-order chi connectivity index (χ1) is 12.1. The number of rotatable bonds is 5. The number of carbonyl (C=O) groups is 1. The topological polar surface area (TPSA) is 60.8 Å². The molecule has 0 saturated carbocycles. The van der Waals surface area contributed by atoms with E-state index in [1.54, 1.807) is 18.2 Å². The standard InChI is InChI=1S/C21H25NO3/c23-19-9-5-4-8-18(19)15-21(25)22-12-10-17(11-13-22)20(24)14-16-6-2-1-3-7-16/h1-9,17,20,23-24H,10-15H2/t20-/m0/s1. The van der Waals surface area contributed by atoms with Gasteiger partial charge in [-0.05, 0) is 36.8 Å². The van der Waals surface area contributed by atoms with Crippen LogP contribution in [0.2, 0.25) is 0 Å². The minimum absolute atomic E-state index is 0.0394. The van der Waals surface area contributed by atoms with Gasteiger partial charge in [-0.25, -0.2) is 0 Å². The van der Waals surface area contributed by atoms with Gasteiger partial charge in [0.05, 0.1) is 12.5 Å². The zero-order valence-corrected chi connectivity index (χ0v) is 14.3. The molecule has 0 bridgehead atoms. The predicted octanol–water partition coefficient (Wildman–Crippen LogP) is 2.78. The van der Waals surface area contributed by atoms with E-state index in [1.807, 2.05) is 41.3 Å². The van der Waals surface area contributed by atoms with Gasteiger partial charge in [-0.3, -0.25) is 4.79 Å². The molecule has 0 aromatic heterocycles. The molecule has 4 nitrogen and oxygen atoms in total. The number of aliphatic hydroxyl groups is 1. The average Bonchev–Trinajstić information content (AvgIpc) is 2.64. The van der Waals surface area contributed by atoms with Crippen LogP contribution in [0, 0.1) is 5.92 Å². The van der Waals surface area contributed by atoms with Crippen molar-refractivity contribution in [3.8, 4) is 5.75 Å². The lowest BCUT2D eigenvalue weighted by molar-refractivity contribution is -0.132. The summed E-state index contributed by atoms with van der Waals surface area (Å²) in [5, 5.41) is 20.3. The van der Waals surface area contributed by atoms with E-state index in [9.17, 15) is 15.0 Å². The lowest BCUT2D eigenvalue weighted by atomic mass is 9.88. The summed E-state index contributed by atoms with van der Waals surface area (Å²) in [6.45, 7) is 1.34. The van der Waals surface area contributed by atoms with Gasteiger partial charge in [-0.2, -0.15) is 0 Å². The van der Waals surface area contributed by atoms with Crippen molar-refractivity contribution in [2.24, 2.45) is 5.92 Å². The van der Waals surface area contributed by atoms with E-state index in [2.05, 4.69) is 0 Å². The summed E-state index contributed by atoms with van der Waals surface area (Å²) in [5.74, 6) is 0.441. The highest BCUT2D eigenvalue weighted by atomic mass is 16.3. The molecule has 0 radical (unpaired) electrons. The highest BCUT2D eigenvalue weighted by Crippen LogP contribution is 2.24. The van der Waals surface area contributed by atoms with Crippen LogP contribution < -0.4 is 0 Å². The maximum atomic E-state index is 12.4. The molecule has 0 spiro atoms. The fraction of sp³-hybridized carbons (Fsp3) is 0.381. The number of likely N-dealkylation sites (tertiary alicyclic amines) is 1. The van der Waals surface area contributed by atoms with E-state index < -0.39 is 0 Å². The Balaban J connectivity index is 1.49. The number of nitrogens with zero attached hydrogens (tertiary/aromatic N) is 1. The maximum Gasteiger partial charge on any atom is 0.227 e. The van der Waals surface area contributed by atoms with Crippen molar-refractivity contribution in [1.29, 1.82) is 0 Å². The Bertz CT molecular complexity index is 693. The Morgan fingerprint density at radius 3 is 2.36 bits per heavy atom. The first kappa shape index (κ1) is 17.5. The highest BCUT2D eigenvalue weighted by molar-refractivity contribution is 5.79. The van der Waals surface area contributed by atoms with Crippen LogP contribution in [0.5, 0.6) is 5.75 Å². The Hall–Kier alpha value is -2.33. The van der Waals surface area contributed by atoms with E-state index in [0.717, 1.165) is 18.4 Å². The number of benzene rings is 2. The summed E-state index contributed by atoms with van der Waals surface area (Å²) in [4.78, 5) is 14.3. The number of hydrogen-bond donors (Lipinski definition) is 2. The van der Waals surface area contributed by atoms with Crippen molar-refractivity contribution < 1.29 is 15.0 Å². The van der Waals surface area contributed by atoms with Crippen molar-refractivity contribution in [1.82, 2.24) is 4.90 Å². The summed E-state index contributed by atoms with van der Waals surface area (Å²) in [7, 11) is 0. The molecule has 2 N–H and O–H groups in total. The van der Waals surface area contributed by atoms with Crippen molar-refractivity contribution in [3.63, 3.8) is 0 Å². The lowest BCUT2D eigenvalue weighted by Crippen LogP contribution is -2.42. The molecular formula is C21H25NO3. The second-order valence-corrected chi connectivity index (χ2v) is 6.78. The molecule has 1 aliphatic heterocycles. The number of para-hydroxylation sites is 1. The van der Waals surface area contributed by atoms with E-state index in [0.29, 0.717) is 25.1 Å². The molecule has 1 aliphatic rings. The van der Waals surface area contributed by atoms with Crippen LogP contribution in [0.3, 0.4) is 0 Å². The second kappa shape index (κ2) is 8.17. The minimum Gasteiger partial charge on any atom is -0.508 e. The van der Waals surface area contributed by atoms with Gasteiger partial charge in [-0.1, -0.05) is 48.5 Å². The average molecular weight is 339 g/mol. The minimum atomic E-state index is -0.363. The van der Waals surface area contributed by atoms with Crippen LogP contribution in [0.4, 0.5) is 0 Å². The molecule has 2 aromatic carbocycles. The summed E-state index contributed by atoms with van der Waals surface area (Å²) >= 11 is 0. The third-order valence-electron chi connectivity index (χ3n) is 5.06. The molecular weight excluding hydrogens is 314 g/mol. The summed E-state index contributed by atoms with van der Waals surface area (Å²) < 4.78 is 0. The Morgan fingerprint density at radius 2 is 1.68 bits per heavy atom. The molecule has 1 fully saturated rings. The molecule has 4 heteroatoms. The van der Waals surface area contributed by atoms with Crippen LogP contribution >= 0.6 is 0 Å². The fourth-order valence-electron chi connectivity index (χ4n) is 3.49. The van der Waals surface area contributed by atoms with Crippen LogP contribution in [0.15, 0.2) is 54.6 Å². The van der Waals surface area contributed by atoms with Crippen LogP contribution in [0.1, 0.15) is 24.0 Å².